The molecule has 10 rings (SSSR count). The van der Waals surface area contributed by atoms with Crippen LogP contribution in [0.15, 0.2) is 66.3 Å². The number of aryl methyl sites for hydroxylation is 1. The molecule has 3 amide bonds. The van der Waals surface area contributed by atoms with Crippen LogP contribution in [0.3, 0.4) is 0 Å². The molecule has 0 saturated carbocycles. The number of anilines is 1. The molecule has 4 saturated heterocycles. The number of piperazine rings is 1. The summed E-state index contributed by atoms with van der Waals surface area (Å²) in [7, 11) is 0. The van der Waals surface area contributed by atoms with Gasteiger partial charge in [-0.25, -0.2) is 13.8 Å². The lowest BCUT2D eigenvalue weighted by atomic mass is 9.85. The smallest absolute Gasteiger partial charge is 0.394 e. The average molecular weight is 1100 g/mol. The van der Waals surface area contributed by atoms with Gasteiger partial charge in [0.1, 0.15) is 47.3 Å². The van der Waals surface area contributed by atoms with Crippen LogP contribution in [0, 0.1) is 29.9 Å². The van der Waals surface area contributed by atoms with Gasteiger partial charge in [-0.05, 0) is 86.2 Å². The fourth-order valence-electron chi connectivity index (χ4n) is 11.5. The number of β-amino-alcohol motifs (C(OH)–C–C–N with tert-alkyl or cyclic N) is 1. The zero-order chi connectivity index (χ0) is 55.4. The van der Waals surface area contributed by atoms with E-state index < -0.39 is 83.7 Å². The number of likely N-dealkylation sites (tertiary alicyclic amines) is 2. The molecule has 22 heteroatoms. The second-order valence-corrected chi connectivity index (χ2v) is 23.1. The fourth-order valence-corrected chi connectivity index (χ4v) is 12.3. The predicted molar refractivity (Wildman–Crippen MR) is 285 cm³/mol. The number of nitrogens with one attached hydrogen (secondary N) is 3. The van der Waals surface area contributed by atoms with E-state index in [0.717, 1.165) is 34.5 Å². The molecule has 6 aromatic rings. The molecule has 0 spiro atoms. The molecule has 2 bridgehead atoms. The molecule has 3 aromatic heterocycles. The van der Waals surface area contributed by atoms with Gasteiger partial charge in [0.2, 0.25) is 17.7 Å². The highest BCUT2D eigenvalue weighted by atomic mass is 32.1. The van der Waals surface area contributed by atoms with Gasteiger partial charge in [0.05, 0.1) is 45.6 Å². The number of aromatic nitrogens is 4. The number of carbonyl (C=O) groups is 3. The van der Waals surface area contributed by atoms with Crippen molar-refractivity contribution in [3.63, 3.8) is 0 Å². The van der Waals surface area contributed by atoms with Crippen LogP contribution in [-0.4, -0.2) is 139 Å². The molecule has 5 N–H and O–H groups in total. The van der Waals surface area contributed by atoms with Crippen LogP contribution in [0.2, 0.25) is 0 Å². The Morgan fingerprint density at radius 2 is 1.69 bits per heavy atom. The molecular weight excluding hydrogens is 1040 g/mol. The first-order valence-electron chi connectivity index (χ1n) is 26.4. The number of aliphatic hydroxyl groups is 1. The largest absolute Gasteiger partial charge is 0.508 e. The van der Waals surface area contributed by atoms with E-state index in [1.54, 1.807) is 48.6 Å². The van der Waals surface area contributed by atoms with Crippen LogP contribution in [0.4, 0.5) is 27.8 Å². The Hall–Kier alpha value is -6.62. The standard InChI is InChI=1S/C56H63F5N10O6S/c1-29(31-12-14-32(15-13-31)49-30(2)63-28-78-49)64-52(75)42-21-37(73)25-71(42)53(76)50(55(3,4)5)66-44(74)11-6-7-18-69-26-40(56(59,60)61)43(69)27-77-54-67-48-39(51(68-54)70-23-34-16-17-35(24-70)65-34)22-62-47(46(48)58)38-20-36(72)19-33-9-8-10-41(57)45(33)38/h8-10,12-15,19-20,22,28-29,34-35,37,40,42-43,50,65,72-73H,6-7,11,16-18,21,23-27H2,1-5H3,(H,64,75)(H,66,74)/t29-,34?,35?,37+,40+,42-,43+,50+/m0/s1. The number of fused-ring (bicyclic) bond motifs is 4. The third kappa shape index (κ3) is 11.3. The Morgan fingerprint density at radius 3 is 2.38 bits per heavy atom. The average Bonchev–Trinajstić information content (AvgIpc) is 4.18. The van der Waals surface area contributed by atoms with Crippen LogP contribution >= 0.6 is 11.3 Å². The zero-order valence-electron chi connectivity index (χ0n) is 43.9. The Balaban J connectivity index is 0.790. The van der Waals surface area contributed by atoms with E-state index in [4.69, 9.17) is 4.74 Å². The number of alkyl halides is 3. The van der Waals surface area contributed by atoms with Crippen molar-refractivity contribution in [2.24, 2.45) is 11.3 Å². The number of hydrogen-bond acceptors (Lipinski definition) is 14. The topological polar surface area (TPSA) is 198 Å². The molecule has 4 fully saturated rings. The van der Waals surface area contributed by atoms with Crippen molar-refractivity contribution in [3.05, 3.63) is 89.2 Å². The highest BCUT2D eigenvalue weighted by Gasteiger charge is 2.54. The number of phenols is 1. The molecule has 2 unspecified atom stereocenters. The van der Waals surface area contributed by atoms with E-state index in [-0.39, 0.29) is 90.3 Å². The number of phenolic OH excluding ortho intramolecular Hbond substituents is 1. The molecule has 0 radical (unpaired) electrons. The first-order chi connectivity index (χ1) is 37.1. The number of carbonyl (C=O) groups excluding carboxylic acids is 3. The van der Waals surface area contributed by atoms with Crippen molar-refractivity contribution in [1.82, 2.24) is 45.7 Å². The number of hydrogen-bond donors (Lipinski definition) is 5. The molecule has 78 heavy (non-hydrogen) atoms. The van der Waals surface area contributed by atoms with Crippen LogP contribution in [0.25, 0.3) is 43.4 Å². The fraction of sp³-hybridized carbons (Fsp3) is 0.482. The summed E-state index contributed by atoms with van der Waals surface area (Å²) in [4.78, 5) is 65.4. The van der Waals surface area contributed by atoms with Crippen molar-refractivity contribution in [3.8, 4) is 33.5 Å². The van der Waals surface area contributed by atoms with Gasteiger partial charge < -0.3 is 40.7 Å². The maximum Gasteiger partial charge on any atom is 0.394 e. The molecule has 4 aliphatic rings. The van der Waals surface area contributed by atoms with E-state index >= 15 is 8.78 Å². The minimum Gasteiger partial charge on any atom is -0.508 e. The lowest BCUT2D eigenvalue weighted by molar-refractivity contribution is -0.234. The third-order valence-electron chi connectivity index (χ3n) is 15.7. The quantitative estimate of drug-likeness (QED) is 0.0463. The van der Waals surface area contributed by atoms with E-state index in [0.29, 0.717) is 30.7 Å². The summed E-state index contributed by atoms with van der Waals surface area (Å²) in [6.07, 6.45) is -1.76. The van der Waals surface area contributed by atoms with E-state index in [1.165, 1.54) is 35.4 Å². The summed E-state index contributed by atoms with van der Waals surface area (Å²) in [6, 6.07) is 10.9. The lowest BCUT2D eigenvalue weighted by Crippen LogP contribution is -2.63. The predicted octanol–water partition coefficient (Wildman–Crippen LogP) is 7.98. The second-order valence-electron chi connectivity index (χ2n) is 22.2. The number of pyridine rings is 1. The highest BCUT2D eigenvalue weighted by molar-refractivity contribution is 7.13. The molecule has 414 valence electrons. The summed E-state index contributed by atoms with van der Waals surface area (Å²) in [5.74, 6) is -4.74. The number of rotatable bonds is 16. The van der Waals surface area contributed by atoms with Gasteiger partial charge in [0.15, 0.2) is 5.82 Å². The first kappa shape index (κ1) is 54.7. The Kier molecular flexibility index (Phi) is 15.4. The number of benzene rings is 3. The zero-order valence-corrected chi connectivity index (χ0v) is 44.7. The van der Waals surface area contributed by atoms with Gasteiger partial charge in [-0.1, -0.05) is 57.2 Å². The van der Waals surface area contributed by atoms with Gasteiger partial charge in [-0.15, -0.1) is 11.3 Å². The van der Waals surface area contributed by atoms with Crippen LogP contribution in [0.1, 0.15) is 83.5 Å². The monoisotopic (exact) mass is 1100 g/mol. The number of halogens is 5. The van der Waals surface area contributed by atoms with Crippen LogP contribution < -0.4 is 25.6 Å². The van der Waals surface area contributed by atoms with Gasteiger partial charge in [0, 0.05) is 68.3 Å². The van der Waals surface area contributed by atoms with Gasteiger partial charge in [-0.2, -0.15) is 23.1 Å². The Bertz CT molecular complexity index is 3220. The number of aromatic hydroxyl groups is 1. The number of nitrogens with zero attached hydrogens (tertiary/aromatic N) is 7. The third-order valence-corrected chi connectivity index (χ3v) is 16.6. The normalized spacial score (nSPS) is 22.4. The number of amides is 3. The summed E-state index contributed by atoms with van der Waals surface area (Å²) in [5, 5.41) is 31.3. The minimum atomic E-state index is -4.57. The highest BCUT2D eigenvalue weighted by Crippen LogP contribution is 2.42. The Labute approximate surface area is 451 Å². The first-order valence-corrected chi connectivity index (χ1v) is 27.3. The van der Waals surface area contributed by atoms with Crippen LogP contribution in [0.5, 0.6) is 11.8 Å². The molecule has 0 aliphatic carbocycles. The van der Waals surface area contributed by atoms with Crippen molar-refractivity contribution in [1.29, 1.82) is 0 Å². The molecule has 3 aromatic carbocycles. The van der Waals surface area contributed by atoms with Gasteiger partial charge >= 0.3 is 12.2 Å². The summed E-state index contributed by atoms with van der Waals surface area (Å²) >= 11 is 1.54. The van der Waals surface area contributed by atoms with Crippen molar-refractivity contribution in [2.75, 3.05) is 44.2 Å². The molecule has 4 aliphatic heterocycles. The number of aliphatic hydroxyl groups excluding tert-OH is 1. The van der Waals surface area contributed by atoms with E-state index in [1.807, 2.05) is 43.0 Å². The molecular formula is C56H63F5N10O6S. The van der Waals surface area contributed by atoms with Gasteiger partial charge in [-0.3, -0.25) is 24.3 Å². The number of unbranched alkanes of at least 4 members (excludes halogenated alkanes) is 1. The summed E-state index contributed by atoms with van der Waals surface area (Å²) in [5.41, 5.74) is 3.20. The van der Waals surface area contributed by atoms with Crippen molar-refractivity contribution >= 4 is 56.6 Å². The number of ether oxygens (including phenoxy) is 1. The van der Waals surface area contributed by atoms with Crippen molar-refractivity contribution < 1.29 is 51.3 Å². The van der Waals surface area contributed by atoms with E-state index in [2.05, 4.69) is 35.9 Å². The maximum atomic E-state index is 17.0. The molecule has 8 atom stereocenters. The SMILES string of the molecule is Cc1ncsc1-c1ccc([C@H](C)NC(=O)[C@@H]2C[C@@H](O)CN2C(=O)[C@@H](NC(=O)CCCCN2C[C@@H](C(F)(F)F)[C@H]2COc2nc(N3CC4CCC(C3)N4)c3cnc(-c4cc(O)cc5cccc(F)c45)c(F)c3n2)C(C)(C)C)cc1. The van der Waals surface area contributed by atoms with Crippen molar-refractivity contribution in [2.45, 2.75) is 122 Å². The van der Waals surface area contributed by atoms with Gasteiger partial charge in [0.25, 0.3) is 0 Å². The molecule has 16 nitrogen and oxygen atoms in total. The Morgan fingerprint density at radius 1 is 0.949 bits per heavy atom. The van der Waals surface area contributed by atoms with Crippen LogP contribution in [-0.2, 0) is 14.4 Å². The van der Waals surface area contributed by atoms with E-state index in [9.17, 15) is 37.8 Å². The summed E-state index contributed by atoms with van der Waals surface area (Å²) < 4.78 is 81.8. The second kappa shape index (κ2) is 21.9. The minimum absolute atomic E-state index is 0.0176. The lowest BCUT2D eigenvalue weighted by Gasteiger charge is -2.48. The summed E-state index contributed by atoms with van der Waals surface area (Å²) in [6.45, 7) is 9.42. The maximum absolute atomic E-state index is 17.0. The number of thiazole rings is 1. The molecule has 7 heterocycles.